The van der Waals surface area contributed by atoms with Gasteiger partial charge in [0, 0.05) is 0 Å². The van der Waals surface area contributed by atoms with E-state index in [0.717, 1.165) is 38.2 Å². The largest absolute Gasteiger partial charge is 0.480 e. The molecule has 1 fully saturated rings. The van der Waals surface area contributed by atoms with Crippen LogP contribution in [0.5, 0.6) is 0 Å². The Morgan fingerprint density at radius 1 is 1.27 bits per heavy atom. The molecule has 1 aliphatic rings. The molecule has 2 rings (SSSR count). The van der Waals surface area contributed by atoms with E-state index in [0.29, 0.717) is 11.1 Å². The second-order valence-electron chi connectivity index (χ2n) is 5.76. The van der Waals surface area contributed by atoms with Gasteiger partial charge in [0.15, 0.2) is 0 Å². The highest BCUT2D eigenvalue weighted by molar-refractivity contribution is 9.10. The number of aliphatic carboxylic acids is 1. The first kappa shape index (κ1) is 17.3. The minimum absolute atomic E-state index is 0.0311. The highest BCUT2D eigenvalue weighted by atomic mass is 79.9. The van der Waals surface area contributed by atoms with Crippen LogP contribution in [0.25, 0.3) is 0 Å². The Morgan fingerprint density at radius 2 is 1.91 bits per heavy atom. The predicted molar refractivity (Wildman–Crippen MR) is 81.3 cm³/mol. The second-order valence-corrected chi connectivity index (χ2v) is 6.87. The summed E-state index contributed by atoms with van der Waals surface area (Å²) in [5.74, 6) is -1.12. The summed E-state index contributed by atoms with van der Waals surface area (Å²) < 4.78 is 40.1. The fourth-order valence-electron chi connectivity index (χ4n) is 3.04. The molecule has 0 spiro atoms. The maximum atomic E-state index is 13.4. The Labute approximate surface area is 135 Å². The van der Waals surface area contributed by atoms with E-state index in [4.69, 9.17) is 5.11 Å². The standard InChI is InChI=1S/C16H18BrF3O2/c17-14(15(21)22)9-10-6-7-12(11-4-2-1-3-5-11)13(8-10)16(18,19)20/h6-8,11,14H,1-5,9H2,(H,21,22). The van der Waals surface area contributed by atoms with E-state index in [2.05, 4.69) is 15.9 Å². The maximum absolute atomic E-state index is 13.4. The van der Waals surface area contributed by atoms with Crippen molar-refractivity contribution in [1.29, 1.82) is 0 Å². The van der Waals surface area contributed by atoms with Gasteiger partial charge in [0.1, 0.15) is 4.83 Å². The molecule has 0 aliphatic heterocycles. The molecule has 122 valence electrons. The number of carboxylic acid groups (broad SMARTS) is 1. The van der Waals surface area contributed by atoms with E-state index in [-0.39, 0.29) is 12.3 Å². The van der Waals surface area contributed by atoms with E-state index < -0.39 is 22.5 Å². The molecule has 0 bridgehead atoms. The molecular formula is C16H18BrF3O2. The molecule has 0 amide bonds. The summed E-state index contributed by atoms with van der Waals surface area (Å²) in [6.07, 6.45) is 0.215. The summed E-state index contributed by atoms with van der Waals surface area (Å²) in [5, 5.41) is 8.86. The fourth-order valence-corrected chi connectivity index (χ4v) is 3.41. The first-order chi connectivity index (χ1) is 10.3. The lowest BCUT2D eigenvalue weighted by atomic mass is 9.81. The summed E-state index contributed by atoms with van der Waals surface area (Å²) in [6.45, 7) is 0. The van der Waals surface area contributed by atoms with Gasteiger partial charge in [-0.1, -0.05) is 47.3 Å². The van der Waals surface area contributed by atoms with Crippen molar-refractivity contribution in [3.05, 3.63) is 34.9 Å². The number of halogens is 4. The molecular weight excluding hydrogens is 361 g/mol. The third-order valence-corrected chi connectivity index (χ3v) is 4.87. The zero-order valence-corrected chi connectivity index (χ0v) is 13.6. The van der Waals surface area contributed by atoms with Crippen LogP contribution in [0.3, 0.4) is 0 Å². The van der Waals surface area contributed by atoms with Crippen molar-refractivity contribution in [2.45, 2.75) is 55.4 Å². The molecule has 1 aliphatic carbocycles. The zero-order valence-electron chi connectivity index (χ0n) is 12.0. The molecule has 1 atom stereocenters. The number of hydrogen-bond donors (Lipinski definition) is 1. The van der Waals surface area contributed by atoms with Crippen molar-refractivity contribution in [2.75, 3.05) is 0 Å². The van der Waals surface area contributed by atoms with E-state index >= 15 is 0 Å². The summed E-state index contributed by atoms with van der Waals surface area (Å²) in [4.78, 5) is 9.95. The normalized spacial score (nSPS) is 18.2. The first-order valence-corrected chi connectivity index (χ1v) is 8.27. The van der Waals surface area contributed by atoms with Crippen molar-refractivity contribution in [2.24, 2.45) is 0 Å². The van der Waals surface area contributed by atoms with Crippen LogP contribution in [0.15, 0.2) is 18.2 Å². The van der Waals surface area contributed by atoms with Gasteiger partial charge < -0.3 is 5.11 Å². The van der Waals surface area contributed by atoms with Crippen molar-refractivity contribution < 1.29 is 23.1 Å². The molecule has 0 saturated heterocycles. The monoisotopic (exact) mass is 378 g/mol. The van der Waals surface area contributed by atoms with E-state index in [1.165, 1.54) is 6.07 Å². The Hall–Kier alpha value is -1.04. The summed E-state index contributed by atoms with van der Waals surface area (Å²) >= 11 is 2.97. The van der Waals surface area contributed by atoms with E-state index in [1.807, 2.05) is 0 Å². The van der Waals surface area contributed by atoms with Crippen LogP contribution < -0.4 is 0 Å². The summed E-state index contributed by atoms with van der Waals surface area (Å²) in [7, 11) is 0. The van der Waals surface area contributed by atoms with Gasteiger partial charge in [0.05, 0.1) is 5.56 Å². The topological polar surface area (TPSA) is 37.3 Å². The Kier molecular flexibility index (Phi) is 5.53. The van der Waals surface area contributed by atoms with Crippen molar-refractivity contribution in [3.63, 3.8) is 0 Å². The van der Waals surface area contributed by atoms with Crippen LogP contribution in [0.2, 0.25) is 0 Å². The lowest BCUT2D eigenvalue weighted by molar-refractivity contribution is -0.138. The number of carboxylic acids is 1. The van der Waals surface area contributed by atoms with Crippen LogP contribution in [0, 0.1) is 0 Å². The molecule has 1 aromatic rings. The maximum Gasteiger partial charge on any atom is 0.416 e. The SMILES string of the molecule is O=C(O)C(Br)Cc1ccc(C2CCCCC2)c(C(F)(F)F)c1. The van der Waals surface area contributed by atoms with Gasteiger partial charge in [0.2, 0.25) is 0 Å². The van der Waals surface area contributed by atoms with Crippen LogP contribution in [0.1, 0.15) is 54.7 Å². The first-order valence-electron chi connectivity index (χ1n) is 7.36. The average molecular weight is 379 g/mol. The average Bonchev–Trinajstić information content (AvgIpc) is 2.47. The molecule has 0 aromatic heterocycles. The quantitative estimate of drug-likeness (QED) is 0.736. The third-order valence-electron chi connectivity index (χ3n) is 4.15. The second kappa shape index (κ2) is 7.02. The van der Waals surface area contributed by atoms with Gasteiger partial charge in [-0.2, -0.15) is 13.2 Å². The van der Waals surface area contributed by atoms with Crippen LogP contribution in [-0.2, 0) is 17.4 Å². The van der Waals surface area contributed by atoms with E-state index in [1.54, 1.807) is 6.07 Å². The van der Waals surface area contributed by atoms with Crippen LogP contribution >= 0.6 is 15.9 Å². The van der Waals surface area contributed by atoms with Gasteiger partial charge in [-0.3, -0.25) is 4.79 Å². The summed E-state index contributed by atoms with van der Waals surface area (Å²) in [6, 6.07) is 4.27. The van der Waals surface area contributed by atoms with E-state index in [9.17, 15) is 18.0 Å². The molecule has 0 radical (unpaired) electrons. The van der Waals surface area contributed by atoms with Crippen molar-refractivity contribution >= 4 is 21.9 Å². The van der Waals surface area contributed by atoms with Crippen LogP contribution in [0.4, 0.5) is 13.2 Å². The molecule has 1 unspecified atom stereocenters. The minimum atomic E-state index is -4.41. The van der Waals surface area contributed by atoms with Crippen molar-refractivity contribution in [3.8, 4) is 0 Å². The predicted octanol–water partition coefficient (Wildman–Crippen LogP) is 5.14. The smallest absolute Gasteiger partial charge is 0.416 e. The van der Waals surface area contributed by atoms with Gasteiger partial charge in [-0.05, 0) is 42.4 Å². The molecule has 2 nitrogen and oxygen atoms in total. The van der Waals surface area contributed by atoms with Gasteiger partial charge in [-0.15, -0.1) is 0 Å². The molecule has 1 N–H and O–H groups in total. The lowest BCUT2D eigenvalue weighted by Crippen LogP contribution is -2.18. The van der Waals surface area contributed by atoms with Crippen LogP contribution in [-0.4, -0.2) is 15.9 Å². The minimum Gasteiger partial charge on any atom is -0.480 e. The highest BCUT2D eigenvalue weighted by Crippen LogP contribution is 2.41. The van der Waals surface area contributed by atoms with Gasteiger partial charge in [-0.25, -0.2) is 0 Å². The molecule has 22 heavy (non-hydrogen) atoms. The Balaban J connectivity index is 2.32. The zero-order chi connectivity index (χ0) is 16.3. The number of rotatable bonds is 4. The molecule has 1 saturated carbocycles. The Bertz CT molecular complexity index is 537. The molecule has 1 aromatic carbocycles. The number of alkyl halides is 4. The number of benzene rings is 1. The van der Waals surface area contributed by atoms with Gasteiger partial charge >= 0.3 is 12.1 Å². The third kappa shape index (κ3) is 4.24. The number of hydrogen-bond acceptors (Lipinski definition) is 1. The highest BCUT2D eigenvalue weighted by Gasteiger charge is 2.36. The molecule has 6 heteroatoms. The van der Waals surface area contributed by atoms with Crippen molar-refractivity contribution in [1.82, 2.24) is 0 Å². The van der Waals surface area contributed by atoms with Gasteiger partial charge in [0.25, 0.3) is 0 Å². The fraction of sp³-hybridized carbons (Fsp3) is 0.562. The lowest BCUT2D eigenvalue weighted by Gasteiger charge is -2.25. The Morgan fingerprint density at radius 3 is 2.45 bits per heavy atom. The molecule has 0 heterocycles. The summed E-state index contributed by atoms with van der Waals surface area (Å²) in [5.41, 5.74) is 0.135. The number of carbonyl (C=O) groups is 1.